The summed E-state index contributed by atoms with van der Waals surface area (Å²) in [4.78, 5) is 10.00. The van der Waals surface area contributed by atoms with Gasteiger partial charge in [-0.05, 0) is 12.8 Å². The first kappa shape index (κ1) is 12.5. The molecule has 0 radical (unpaired) electrons. The van der Waals surface area contributed by atoms with E-state index in [1.807, 2.05) is 0 Å². The fourth-order valence-corrected chi connectivity index (χ4v) is 1.23. The van der Waals surface area contributed by atoms with Crippen molar-refractivity contribution in [3.05, 3.63) is 41.2 Å². The van der Waals surface area contributed by atoms with Gasteiger partial charge in [0.1, 0.15) is 23.7 Å². The highest BCUT2D eigenvalue weighted by atomic mass is 19.1. The molecule has 0 spiro atoms. The molecule has 0 fully saturated rings. The molecule has 4 heteroatoms. The molecule has 0 aliphatic heterocycles. The van der Waals surface area contributed by atoms with E-state index in [2.05, 4.69) is 0 Å². The van der Waals surface area contributed by atoms with Crippen molar-refractivity contribution in [3.63, 3.8) is 0 Å². The van der Waals surface area contributed by atoms with E-state index in [4.69, 9.17) is 0 Å². The van der Waals surface area contributed by atoms with E-state index in [0.29, 0.717) is 31.4 Å². The Labute approximate surface area is 91.6 Å². The van der Waals surface area contributed by atoms with Gasteiger partial charge in [0.25, 0.3) is 0 Å². The van der Waals surface area contributed by atoms with Gasteiger partial charge in [0, 0.05) is 24.1 Å². The van der Waals surface area contributed by atoms with Crippen LogP contribution in [0, 0.1) is 17.5 Å². The van der Waals surface area contributed by atoms with Crippen molar-refractivity contribution in [2.75, 3.05) is 0 Å². The van der Waals surface area contributed by atoms with Crippen molar-refractivity contribution in [2.45, 2.75) is 19.3 Å². The molecule has 0 bridgehead atoms. The second-order valence-corrected chi connectivity index (χ2v) is 3.28. The van der Waals surface area contributed by atoms with Gasteiger partial charge in [-0.2, -0.15) is 0 Å². The van der Waals surface area contributed by atoms with Crippen molar-refractivity contribution in [3.8, 4) is 0 Å². The van der Waals surface area contributed by atoms with E-state index in [0.717, 1.165) is 6.29 Å². The summed E-state index contributed by atoms with van der Waals surface area (Å²) in [5, 5.41) is 0. The number of allylic oxidation sites excluding steroid dienone is 1. The van der Waals surface area contributed by atoms with E-state index in [1.54, 1.807) is 6.08 Å². The van der Waals surface area contributed by atoms with Crippen LogP contribution in [0.15, 0.2) is 18.2 Å². The van der Waals surface area contributed by atoms with Crippen molar-refractivity contribution >= 4 is 12.4 Å². The summed E-state index contributed by atoms with van der Waals surface area (Å²) in [6.07, 6.45) is 5.20. The lowest BCUT2D eigenvalue weighted by atomic mass is 10.1. The maximum Gasteiger partial charge on any atom is 0.136 e. The van der Waals surface area contributed by atoms with Gasteiger partial charge in [-0.25, -0.2) is 13.2 Å². The van der Waals surface area contributed by atoms with E-state index < -0.39 is 17.5 Å². The van der Waals surface area contributed by atoms with Crippen LogP contribution < -0.4 is 0 Å². The number of hydrogen-bond donors (Lipinski definition) is 0. The molecule has 1 aromatic carbocycles. The monoisotopic (exact) mass is 228 g/mol. The van der Waals surface area contributed by atoms with Crippen molar-refractivity contribution in [1.29, 1.82) is 0 Å². The maximum atomic E-state index is 13.1. The first-order valence-electron chi connectivity index (χ1n) is 4.90. The van der Waals surface area contributed by atoms with Crippen LogP contribution >= 0.6 is 0 Å². The molecule has 1 rings (SSSR count). The maximum absolute atomic E-state index is 13.1. The minimum absolute atomic E-state index is 0.257. The van der Waals surface area contributed by atoms with E-state index in [9.17, 15) is 18.0 Å². The Balaban J connectivity index is 2.69. The molecule has 0 saturated heterocycles. The highest BCUT2D eigenvalue weighted by Gasteiger charge is 2.07. The second-order valence-electron chi connectivity index (χ2n) is 3.28. The molecule has 16 heavy (non-hydrogen) atoms. The summed E-state index contributed by atoms with van der Waals surface area (Å²) in [6.45, 7) is 0. The third kappa shape index (κ3) is 3.53. The van der Waals surface area contributed by atoms with Crippen LogP contribution in [0.4, 0.5) is 13.2 Å². The molecule has 0 aromatic heterocycles. The van der Waals surface area contributed by atoms with Crippen molar-refractivity contribution < 1.29 is 18.0 Å². The van der Waals surface area contributed by atoms with Crippen LogP contribution in [-0.2, 0) is 4.79 Å². The van der Waals surface area contributed by atoms with Gasteiger partial charge in [-0.3, -0.25) is 0 Å². The Morgan fingerprint density at radius 2 is 1.69 bits per heavy atom. The van der Waals surface area contributed by atoms with E-state index in [1.165, 1.54) is 6.08 Å². The first-order chi connectivity index (χ1) is 7.65. The number of carbonyl (C=O) groups is 1. The van der Waals surface area contributed by atoms with Crippen molar-refractivity contribution in [2.24, 2.45) is 0 Å². The lowest BCUT2D eigenvalue weighted by Gasteiger charge is -1.99. The molecule has 0 unspecified atom stereocenters. The molecule has 1 aromatic rings. The molecular weight excluding hydrogens is 217 g/mol. The Morgan fingerprint density at radius 1 is 1.06 bits per heavy atom. The van der Waals surface area contributed by atoms with Gasteiger partial charge in [0.05, 0.1) is 0 Å². The summed E-state index contributed by atoms with van der Waals surface area (Å²) >= 11 is 0. The third-order valence-electron chi connectivity index (χ3n) is 2.02. The number of benzene rings is 1. The molecule has 0 aliphatic carbocycles. The smallest absolute Gasteiger partial charge is 0.136 e. The second kappa shape index (κ2) is 6.10. The lowest BCUT2D eigenvalue weighted by Crippen LogP contribution is -1.90. The third-order valence-corrected chi connectivity index (χ3v) is 2.02. The summed E-state index contributed by atoms with van der Waals surface area (Å²) < 4.78 is 38.8. The van der Waals surface area contributed by atoms with Gasteiger partial charge in [0.2, 0.25) is 0 Å². The lowest BCUT2D eigenvalue weighted by molar-refractivity contribution is -0.107. The number of unbranched alkanes of at least 4 members (excludes halogenated alkanes) is 2. The summed E-state index contributed by atoms with van der Waals surface area (Å²) in [5.74, 6) is -2.79. The van der Waals surface area contributed by atoms with E-state index >= 15 is 0 Å². The minimum atomic E-state index is -0.937. The highest BCUT2D eigenvalue weighted by molar-refractivity contribution is 5.51. The van der Waals surface area contributed by atoms with Crippen LogP contribution in [-0.4, -0.2) is 6.29 Å². The van der Waals surface area contributed by atoms with Crippen LogP contribution in [0.5, 0.6) is 0 Å². The molecular formula is C12H11F3O. The normalized spacial score (nSPS) is 10.9. The van der Waals surface area contributed by atoms with Gasteiger partial charge in [0.15, 0.2) is 0 Å². The molecule has 0 aliphatic rings. The predicted octanol–water partition coefficient (Wildman–Crippen LogP) is 3.49. The number of aldehydes is 1. The average Bonchev–Trinajstić information content (AvgIpc) is 2.20. The zero-order valence-corrected chi connectivity index (χ0v) is 8.55. The fourth-order valence-electron chi connectivity index (χ4n) is 1.23. The Morgan fingerprint density at radius 3 is 2.25 bits per heavy atom. The number of rotatable bonds is 5. The predicted molar refractivity (Wildman–Crippen MR) is 55.3 cm³/mol. The van der Waals surface area contributed by atoms with Crippen LogP contribution in [0.1, 0.15) is 24.8 Å². The zero-order valence-electron chi connectivity index (χ0n) is 8.55. The average molecular weight is 228 g/mol. The van der Waals surface area contributed by atoms with Gasteiger partial charge in [-0.15, -0.1) is 0 Å². The van der Waals surface area contributed by atoms with Gasteiger partial charge in [-0.1, -0.05) is 12.2 Å². The summed E-state index contributed by atoms with van der Waals surface area (Å²) in [7, 11) is 0. The first-order valence-corrected chi connectivity index (χ1v) is 4.90. The van der Waals surface area contributed by atoms with Crippen molar-refractivity contribution in [1.82, 2.24) is 0 Å². The van der Waals surface area contributed by atoms with Crippen LogP contribution in [0.3, 0.4) is 0 Å². The quantitative estimate of drug-likeness (QED) is 0.557. The molecule has 1 nitrogen and oxygen atoms in total. The number of halogens is 3. The molecule has 86 valence electrons. The number of carbonyl (C=O) groups excluding carboxylic acids is 1. The Bertz CT molecular complexity index is 376. The van der Waals surface area contributed by atoms with Crippen LogP contribution in [0.25, 0.3) is 6.08 Å². The fraction of sp³-hybridized carbons (Fsp3) is 0.250. The standard InChI is InChI=1S/C12H11F3O/c13-9-7-11(14)10(12(15)8-9)5-3-1-2-4-6-16/h3,5-8H,1-2,4H2/b5-3+. The molecule has 0 N–H and O–H groups in total. The summed E-state index contributed by atoms with van der Waals surface area (Å²) in [5.41, 5.74) is -0.257. The van der Waals surface area contributed by atoms with Gasteiger partial charge < -0.3 is 4.79 Å². The molecule has 0 atom stereocenters. The Kier molecular flexibility index (Phi) is 4.76. The largest absolute Gasteiger partial charge is 0.303 e. The molecule has 0 amide bonds. The Hall–Kier alpha value is -1.58. The number of hydrogen-bond acceptors (Lipinski definition) is 1. The highest BCUT2D eigenvalue weighted by Crippen LogP contribution is 2.16. The molecule has 0 heterocycles. The zero-order chi connectivity index (χ0) is 12.0. The molecule has 0 saturated carbocycles. The topological polar surface area (TPSA) is 17.1 Å². The summed E-state index contributed by atoms with van der Waals surface area (Å²) in [6, 6.07) is 1.27. The van der Waals surface area contributed by atoms with Gasteiger partial charge >= 0.3 is 0 Å². The van der Waals surface area contributed by atoms with E-state index in [-0.39, 0.29) is 5.56 Å². The minimum Gasteiger partial charge on any atom is -0.303 e. The SMILES string of the molecule is O=CCCC/C=C/c1c(F)cc(F)cc1F. The van der Waals surface area contributed by atoms with Crippen LogP contribution in [0.2, 0.25) is 0 Å².